The summed E-state index contributed by atoms with van der Waals surface area (Å²) in [5.41, 5.74) is 2.25. The van der Waals surface area contributed by atoms with Gasteiger partial charge in [0.15, 0.2) is 11.5 Å². The van der Waals surface area contributed by atoms with Crippen molar-refractivity contribution in [2.45, 2.75) is 25.7 Å². The van der Waals surface area contributed by atoms with Crippen molar-refractivity contribution in [3.63, 3.8) is 0 Å². The minimum Gasteiger partial charge on any atom is -0.441 e. The summed E-state index contributed by atoms with van der Waals surface area (Å²) in [4.78, 5) is 16.5. The quantitative estimate of drug-likeness (QED) is 0.820. The number of methoxy groups -OCH3 is 1. The number of hydrogen-bond acceptors (Lipinski definition) is 5. The highest BCUT2D eigenvalue weighted by Gasteiger charge is 2.16. The van der Waals surface area contributed by atoms with Gasteiger partial charge in [-0.3, -0.25) is 4.79 Å². The van der Waals surface area contributed by atoms with Crippen LogP contribution in [0.3, 0.4) is 0 Å². The summed E-state index contributed by atoms with van der Waals surface area (Å²) >= 11 is 0. The van der Waals surface area contributed by atoms with Crippen LogP contribution in [-0.4, -0.2) is 37.7 Å². The number of anilines is 1. The van der Waals surface area contributed by atoms with Gasteiger partial charge >= 0.3 is 0 Å². The molecule has 0 radical (unpaired) electrons. The van der Waals surface area contributed by atoms with Gasteiger partial charge < -0.3 is 19.8 Å². The monoisotopic (exact) mass is 317 g/mol. The molecule has 124 valence electrons. The van der Waals surface area contributed by atoms with Crippen molar-refractivity contribution in [1.82, 2.24) is 10.3 Å². The second kappa shape index (κ2) is 7.57. The Labute approximate surface area is 135 Å². The molecule has 6 heteroatoms. The van der Waals surface area contributed by atoms with Crippen molar-refractivity contribution in [3.8, 4) is 0 Å². The Morgan fingerprint density at radius 2 is 2.43 bits per heavy atom. The number of rotatable bonds is 7. The van der Waals surface area contributed by atoms with Gasteiger partial charge in [0.2, 0.25) is 5.91 Å². The SMILES string of the molecule is COCCc1nc2cc(NC(=O)CCC3CCNC3)ccc2o1. The van der Waals surface area contributed by atoms with E-state index in [2.05, 4.69) is 15.6 Å². The molecule has 0 bridgehead atoms. The van der Waals surface area contributed by atoms with Crippen LogP contribution in [-0.2, 0) is 16.0 Å². The highest BCUT2D eigenvalue weighted by Crippen LogP contribution is 2.21. The summed E-state index contributed by atoms with van der Waals surface area (Å²) in [6, 6.07) is 5.54. The maximum atomic E-state index is 12.1. The first-order chi connectivity index (χ1) is 11.2. The molecule has 1 saturated heterocycles. The molecule has 23 heavy (non-hydrogen) atoms. The molecule has 0 saturated carbocycles. The van der Waals surface area contributed by atoms with E-state index in [0.717, 1.165) is 36.3 Å². The Balaban J connectivity index is 1.57. The molecule has 1 aliphatic rings. The predicted octanol–water partition coefficient (Wildman–Crippen LogP) is 2.34. The number of amides is 1. The smallest absolute Gasteiger partial charge is 0.224 e. The first-order valence-corrected chi connectivity index (χ1v) is 8.13. The van der Waals surface area contributed by atoms with Crippen LogP contribution in [0, 0.1) is 5.92 Å². The van der Waals surface area contributed by atoms with Crippen LogP contribution < -0.4 is 10.6 Å². The van der Waals surface area contributed by atoms with E-state index in [1.165, 1.54) is 6.42 Å². The topological polar surface area (TPSA) is 76.4 Å². The molecule has 2 heterocycles. The van der Waals surface area contributed by atoms with Gasteiger partial charge in [0.1, 0.15) is 5.52 Å². The van der Waals surface area contributed by atoms with E-state index in [-0.39, 0.29) is 5.91 Å². The van der Waals surface area contributed by atoms with Gasteiger partial charge in [-0.15, -0.1) is 0 Å². The van der Waals surface area contributed by atoms with Crippen LogP contribution in [0.5, 0.6) is 0 Å². The van der Waals surface area contributed by atoms with Crippen molar-refractivity contribution in [2.75, 3.05) is 32.1 Å². The molecule has 6 nitrogen and oxygen atoms in total. The maximum absolute atomic E-state index is 12.1. The van der Waals surface area contributed by atoms with Gasteiger partial charge in [-0.05, 0) is 50.0 Å². The summed E-state index contributed by atoms with van der Waals surface area (Å²) in [7, 11) is 1.65. The number of oxazole rings is 1. The van der Waals surface area contributed by atoms with E-state index in [4.69, 9.17) is 9.15 Å². The van der Waals surface area contributed by atoms with Crippen LogP contribution >= 0.6 is 0 Å². The molecule has 1 unspecified atom stereocenters. The lowest BCUT2D eigenvalue weighted by molar-refractivity contribution is -0.116. The molecular formula is C17H23N3O3. The lowest BCUT2D eigenvalue weighted by atomic mass is 10.0. The molecule has 1 aliphatic heterocycles. The Kier molecular flexibility index (Phi) is 5.25. The van der Waals surface area contributed by atoms with E-state index >= 15 is 0 Å². The number of carbonyl (C=O) groups excluding carboxylic acids is 1. The van der Waals surface area contributed by atoms with Gasteiger partial charge in [-0.2, -0.15) is 0 Å². The molecule has 1 atom stereocenters. The summed E-state index contributed by atoms with van der Waals surface area (Å²) in [5.74, 6) is 1.33. The number of nitrogens with zero attached hydrogens (tertiary/aromatic N) is 1. The lowest BCUT2D eigenvalue weighted by Crippen LogP contribution is -2.14. The third kappa shape index (κ3) is 4.30. The summed E-state index contributed by atoms with van der Waals surface area (Å²) in [6.07, 6.45) is 3.30. The Bertz CT molecular complexity index is 662. The Morgan fingerprint density at radius 3 is 3.22 bits per heavy atom. The van der Waals surface area contributed by atoms with Crippen LogP contribution in [0.25, 0.3) is 11.1 Å². The molecule has 1 aromatic heterocycles. The van der Waals surface area contributed by atoms with Crippen LogP contribution in [0.4, 0.5) is 5.69 Å². The fraction of sp³-hybridized carbons (Fsp3) is 0.529. The predicted molar refractivity (Wildman–Crippen MR) is 88.4 cm³/mol. The Hall–Kier alpha value is -1.92. The number of carbonyl (C=O) groups is 1. The molecule has 1 fully saturated rings. The van der Waals surface area contributed by atoms with Crippen LogP contribution in [0.15, 0.2) is 22.6 Å². The normalized spacial score (nSPS) is 17.7. The average Bonchev–Trinajstić information content (AvgIpc) is 3.19. The lowest BCUT2D eigenvalue weighted by Gasteiger charge is -2.08. The van der Waals surface area contributed by atoms with Gasteiger partial charge in [-0.25, -0.2) is 4.98 Å². The minimum atomic E-state index is 0.0550. The third-order valence-electron chi connectivity index (χ3n) is 4.18. The van der Waals surface area contributed by atoms with Crippen molar-refractivity contribution < 1.29 is 13.9 Å². The summed E-state index contributed by atoms with van der Waals surface area (Å²) in [5, 5.41) is 6.27. The number of hydrogen-bond donors (Lipinski definition) is 2. The molecule has 2 N–H and O–H groups in total. The second-order valence-electron chi connectivity index (χ2n) is 5.98. The standard InChI is InChI=1S/C17H23N3O3/c1-22-9-7-17-20-14-10-13(3-4-15(14)23-17)19-16(21)5-2-12-6-8-18-11-12/h3-4,10,12,18H,2,5-9,11H2,1H3,(H,19,21). The van der Waals surface area contributed by atoms with Gasteiger partial charge in [0.25, 0.3) is 0 Å². The van der Waals surface area contributed by atoms with Crippen molar-refractivity contribution in [2.24, 2.45) is 5.92 Å². The van der Waals surface area contributed by atoms with E-state index in [0.29, 0.717) is 31.3 Å². The first-order valence-electron chi connectivity index (χ1n) is 8.13. The summed E-state index contributed by atoms with van der Waals surface area (Å²) in [6.45, 7) is 2.68. The van der Waals surface area contributed by atoms with E-state index < -0.39 is 0 Å². The fourth-order valence-corrected chi connectivity index (χ4v) is 2.87. The minimum absolute atomic E-state index is 0.0550. The second-order valence-corrected chi connectivity index (χ2v) is 5.98. The zero-order valence-electron chi connectivity index (χ0n) is 13.4. The number of fused-ring (bicyclic) bond motifs is 1. The highest BCUT2D eigenvalue weighted by atomic mass is 16.5. The average molecular weight is 317 g/mol. The maximum Gasteiger partial charge on any atom is 0.224 e. The third-order valence-corrected chi connectivity index (χ3v) is 4.18. The number of nitrogens with one attached hydrogen (secondary N) is 2. The fourth-order valence-electron chi connectivity index (χ4n) is 2.87. The molecule has 3 rings (SSSR count). The van der Waals surface area contributed by atoms with E-state index in [9.17, 15) is 4.79 Å². The zero-order valence-corrected chi connectivity index (χ0v) is 13.4. The first kappa shape index (κ1) is 16.0. The van der Waals surface area contributed by atoms with E-state index in [1.54, 1.807) is 7.11 Å². The summed E-state index contributed by atoms with van der Waals surface area (Å²) < 4.78 is 10.7. The highest BCUT2D eigenvalue weighted by molar-refractivity contribution is 5.92. The molecule has 1 amide bonds. The van der Waals surface area contributed by atoms with Crippen LogP contribution in [0.1, 0.15) is 25.2 Å². The molecule has 1 aromatic carbocycles. The van der Waals surface area contributed by atoms with Gasteiger partial charge in [-0.1, -0.05) is 0 Å². The number of aromatic nitrogens is 1. The number of benzene rings is 1. The molecule has 0 spiro atoms. The Morgan fingerprint density at radius 1 is 1.52 bits per heavy atom. The van der Waals surface area contributed by atoms with Crippen molar-refractivity contribution in [3.05, 3.63) is 24.1 Å². The zero-order chi connectivity index (χ0) is 16.1. The molecule has 2 aromatic rings. The van der Waals surface area contributed by atoms with Gasteiger partial charge in [0, 0.05) is 25.6 Å². The van der Waals surface area contributed by atoms with Crippen LogP contribution in [0.2, 0.25) is 0 Å². The number of ether oxygens (including phenoxy) is 1. The molecular weight excluding hydrogens is 294 g/mol. The van der Waals surface area contributed by atoms with Gasteiger partial charge in [0.05, 0.1) is 6.61 Å². The van der Waals surface area contributed by atoms with E-state index in [1.807, 2.05) is 18.2 Å². The van der Waals surface area contributed by atoms with Crippen molar-refractivity contribution >= 4 is 22.7 Å². The van der Waals surface area contributed by atoms with Crippen molar-refractivity contribution in [1.29, 1.82) is 0 Å². The largest absolute Gasteiger partial charge is 0.441 e. The molecule has 0 aliphatic carbocycles.